The van der Waals surface area contributed by atoms with E-state index in [0.29, 0.717) is 42.6 Å². The lowest BCUT2D eigenvalue weighted by Gasteiger charge is -2.31. The molecular formula is C34H30F3N5O4. The summed E-state index contributed by atoms with van der Waals surface area (Å²) >= 11 is 0. The topological polar surface area (TPSA) is 93.1 Å². The third-order valence-corrected chi connectivity index (χ3v) is 10.3. The molecule has 9 nitrogen and oxygen atoms in total. The lowest BCUT2D eigenvalue weighted by atomic mass is 9.95. The van der Waals surface area contributed by atoms with Gasteiger partial charge in [0.15, 0.2) is 5.82 Å². The number of hydrogen-bond acceptors (Lipinski definition) is 9. The number of terminal acetylenes is 1. The molecule has 3 saturated heterocycles. The van der Waals surface area contributed by atoms with Crippen LogP contribution in [0.4, 0.5) is 19.0 Å². The third kappa shape index (κ3) is 4.14. The zero-order chi connectivity index (χ0) is 31.3. The lowest BCUT2D eigenvalue weighted by molar-refractivity contribution is 0.107. The van der Waals surface area contributed by atoms with Crippen LogP contribution in [0.5, 0.6) is 17.6 Å². The van der Waals surface area contributed by atoms with Gasteiger partial charge in [-0.15, -0.1) is 6.42 Å². The van der Waals surface area contributed by atoms with Gasteiger partial charge in [0.1, 0.15) is 53.4 Å². The largest absolute Gasteiger partial charge is 0.508 e. The quantitative estimate of drug-likeness (QED) is 0.317. The number of aromatic hydroxyl groups is 1. The van der Waals surface area contributed by atoms with Gasteiger partial charge in [-0.1, -0.05) is 12.0 Å². The first-order valence-electron chi connectivity index (χ1n) is 15.7. The fraction of sp³-hybridized carbons (Fsp3) is 0.441. The van der Waals surface area contributed by atoms with Crippen LogP contribution in [0.1, 0.15) is 37.7 Å². The van der Waals surface area contributed by atoms with E-state index in [1.165, 1.54) is 24.3 Å². The van der Waals surface area contributed by atoms with E-state index in [2.05, 4.69) is 25.7 Å². The smallest absolute Gasteiger partial charge is 0.319 e. The van der Waals surface area contributed by atoms with Gasteiger partial charge in [0.25, 0.3) is 0 Å². The number of hydrogen-bond donors (Lipinski definition) is 1. The Kier molecular flexibility index (Phi) is 6.12. The van der Waals surface area contributed by atoms with Gasteiger partial charge < -0.3 is 24.2 Å². The van der Waals surface area contributed by atoms with Crippen molar-refractivity contribution in [2.75, 3.05) is 37.8 Å². The summed E-state index contributed by atoms with van der Waals surface area (Å²) < 4.78 is 65.0. The molecule has 236 valence electrons. The van der Waals surface area contributed by atoms with Gasteiger partial charge >= 0.3 is 6.01 Å². The number of benzene rings is 2. The number of phenols is 1. The molecule has 2 aromatic carbocycles. The van der Waals surface area contributed by atoms with Crippen LogP contribution >= 0.6 is 0 Å². The average molecular weight is 630 g/mol. The number of aromatic nitrogens is 3. The van der Waals surface area contributed by atoms with Gasteiger partial charge in [-0.3, -0.25) is 4.90 Å². The van der Waals surface area contributed by atoms with Crippen LogP contribution in [-0.4, -0.2) is 87.8 Å². The van der Waals surface area contributed by atoms with Crippen molar-refractivity contribution in [3.05, 3.63) is 41.5 Å². The standard InChI is InChI=1S/C34H30F3N5O4/c1-2-21-23(36)5-4-17-10-20(43)11-22(26(17)21)29-28(37)30-27-31(42-19(15-45-32(27)38-29)6-9-44-25-12-24(25)42)40-33(39-30)46-16-34-7-3-8-41(34)14-18(35)13-34/h1,4-5,10-11,18-19,24-25,43H,3,6-9,12-16H2/t18-,19-,24-,25+,34+/m1/s1. The number of halogens is 3. The Morgan fingerprint density at radius 1 is 1.17 bits per heavy atom. The molecule has 0 radical (unpaired) electrons. The highest BCUT2D eigenvalue weighted by Crippen LogP contribution is 2.48. The highest BCUT2D eigenvalue weighted by atomic mass is 19.1. The molecule has 12 heteroatoms. The fourth-order valence-electron chi connectivity index (χ4n) is 8.10. The Morgan fingerprint density at radius 2 is 2.07 bits per heavy atom. The number of rotatable bonds is 4. The Bertz CT molecular complexity index is 1990. The average Bonchev–Trinajstić information content (AvgIpc) is 3.66. The van der Waals surface area contributed by atoms with Crippen LogP contribution in [0.25, 0.3) is 32.9 Å². The second-order valence-electron chi connectivity index (χ2n) is 13.0. The van der Waals surface area contributed by atoms with Crippen LogP contribution in [0, 0.1) is 24.0 Å². The zero-order valence-corrected chi connectivity index (χ0v) is 24.8. The molecule has 1 aliphatic carbocycles. The van der Waals surface area contributed by atoms with Crippen molar-refractivity contribution in [3.8, 4) is 41.2 Å². The zero-order valence-electron chi connectivity index (χ0n) is 24.8. The van der Waals surface area contributed by atoms with E-state index in [0.717, 1.165) is 25.8 Å². The second-order valence-corrected chi connectivity index (χ2v) is 13.0. The van der Waals surface area contributed by atoms with Crippen LogP contribution in [0.2, 0.25) is 0 Å². The van der Waals surface area contributed by atoms with Crippen LogP contribution in [0.3, 0.4) is 0 Å². The molecule has 4 fully saturated rings. The van der Waals surface area contributed by atoms with E-state index in [1.807, 2.05) is 0 Å². The van der Waals surface area contributed by atoms with Crippen molar-refractivity contribution in [3.63, 3.8) is 0 Å². The normalized spacial score (nSPS) is 28.2. The van der Waals surface area contributed by atoms with Gasteiger partial charge in [-0.25, -0.2) is 18.2 Å². The monoisotopic (exact) mass is 629 g/mol. The summed E-state index contributed by atoms with van der Waals surface area (Å²) in [6.07, 6.45) is 8.37. The van der Waals surface area contributed by atoms with E-state index in [4.69, 9.17) is 25.6 Å². The number of pyridine rings is 1. The first kappa shape index (κ1) is 27.9. The molecule has 5 aliphatic rings. The molecule has 4 aromatic rings. The Balaban J connectivity index is 1.25. The predicted molar refractivity (Wildman–Crippen MR) is 163 cm³/mol. The van der Waals surface area contributed by atoms with E-state index < -0.39 is 23.3 Å². The molecule has 46 heavy (non-hydrogen) atoms. The number of alkyl halides is 1. The predicted octanol–water partition coefficient (Wildman–Crippen LogP) is 4.89. The Hall–Kier alpha value is -4.34. The molecular weight excluding hydrogens is 599 g/mol. The highest BCUT2D eigenvalue weighted by molar-refractivity contribution is 6.04. The molecule has 5 atom stereocenters. The minimum atomic E-state index is -0.934. The summed E-state index contributed by atoms with van der Waals surface area (Å²) in [6, 6.07) is 5.28. The molecule has 2 aromatic heterocycles. The summed E-state index contributed by atoms with van der Waals surface area (Å²) in [5, 5.41) is 11.6. The maximum absolute atomic E-state index is 17.0. The van der Waals surface area contributed by atoms with E-state index in [-0.39, 0.29) is 76.8 Å². The fourth-order valence-corrected chi connectivity index (χ4v) is 8.10. The molecule has 0 unspecified atom stereocenters. The van der Waals surface area contributed by atoms with Crippen molar-refractivity contribution >= 4 is 27.5 Å². The summed E-state index contributed by atoms with van der Waals surface area (Å²) in [5.74, 6) is 1.28. The number of fused-ring (bicyclic) bond motifs is 6. The number of nitrogens with zero attached hydrogens (tertiary/aromatic N) is 5. The maximum atomic E-state index is 17.0. The molecule has 0 amide bonds. The van der Waals surface area contributed by atoms with E-state index in [9.17, 15) is 13.9 Å². The van der Waals surface area contributed by atoms with Crippen molar-refractivity contribution in [2.45, 2.75) is 62.0 Å². The number of ether oxygens (including phenoxy) is 3. The van der Waals surface area contributed by atoms with Gasteiger partial charge in [0, 0.05) is 30.5 Å². The minimum Gasteiger partial charge on any atom is -0.508 e. The second kappa shape index (κ2) is 10.1. The van der Waals surface area contributed by atoms with Crippen molar-refractivity contribution in [1.82, 2.24) is 19.9 Å². The molecule has 4 aliphatic heterocycles. The Labute approximate surface area is 262 Å². The Morgan fingerprint density at radius 3 is 2.93 bits per heavy atom. The minimum absolute atomic E-state index is 0.0259. The summed E-state index contributed by atoms with van der Waals surface area (Å²) in [7, 11) is 0. The molecule has 9 rings (SSSR count). The summed E-state index contributed by atoms with van der Waals surface area (Å²) in [4.78, 5) is 18.3. The summed E-state index contributed by atoms with van der Waals surface area (Å²) in [6.45, 7) is 2.13. The highest BCUT2D eigenvalue weighted by Gasteiger charge is 2.51. The molecule has 0 spiro atoms. The molecule has 1 N–H and O–H groups in total. The van der Waals surface area contributed by atoms with Crippen LogP contribution in [-0.2, 0) is 4.74 Å². The molecule has 0 bridgehead atoms. The number of anilines is 1. The first-order chi connectivity index (χ1) is 22.3. The molecule has 6 heterocycles. The maximum Gasteiger partial charge on any atom is 0.319 e. The lowest BCUT2D eigenvalue weighted by Crippen LogP contribution is -2.43. The molecule has 1 saturated carbocycles. The van der Waals surface area contributed by atoms with Crippen LogP contribution in [0.15, 0.2) is 24.3 Å². The van der Waals surface area contributed by atoms with Crippen molar-refractivity contribution < 1.29 is 32.5 Å². The third-order valence-electron chi connectivity index (χ3n) is 10.3. The van der Waals surface area contributed by atoms with Crippen molar-refractivity contribution in [1.29, 1.82) is 0 Å². The van der Waals surface area contributed by atoms with E-state index >= 15 is 4.39 Å². The number of phenolic OH excluding ortho intramolecular Hbond substituents is 1. The van der Waals surface area contributed by atoms with Crippen molar-refractivity contribution in [2.24, 2.45) is 0 Å². The summed E-state index contributed by atoms with van der Waals surface area (Å²) in [5.41, 5.74) is -0.738. The first-order valence-corrected chi connectivity index (χ1v) is 15.7. The van der Waals surface area contributed by atoms with E-state index in [1.54, 1.807) is 0 Å². The van der Waals surface area contributed by atoms with Gasteiger partial charge in [-0.2, -0.15) is 9.97 Å². The van der Waals surface area contributed by atoms with Gasteiger partial charge in [-0.05, 0) is 55.8 Å². The van der Waals surface area contributed by atoms with Gasteiger partial charge in [0.05, 0.1) is 29.3 Å². The van der Waals surface area contributed by atoms with Crippen LogP contribution < -0.4 is 14.4 Å². The SMILES string of the molecule is C#Cc1c(F)ccc2cc(O)cc(-c3nc4c5c(nc(OC[C@@]67CCCN6C[C@H](F)C7)nc5c3F)N3[C@H](CCO[C@H]5C[C@H]53)CO4)c12. The van der Waals surface area contributed by atoms with Gasteiger partial charge in [0.2, 0.25) is 5.88 Å².